The number of aryl methyl sites for hydroxylation is 2. The molecule has 2 rings (SSSR count). The summed E-state index contributed by atoms with van der Waals surface area (Å²) in [7, 11) is 0. The molecule has 0 aliphatic carbocycles. The van der Waals surface area contributed by atoms with Crippen molar-refractivity contribution in [3.63, 3.8) is 0 Å². The predicted octanol–water partition coefficient (Wildman–Crippen LogP) is 3.82. The maximum Gasteiger partial charge on any atom is 0.193 e. The van der Waals surface area contributed by atoms with Crippen molar-refractivity contribution < 1.29 is 4.79 Å². The molecule has 1 nitrogen and oxygen atoms in total. The van der Waals surface area contributed by atoms with Gasteiger partial charge in [-0.05, 0) is 55.3 Å². The van der Waals surface area contributed by atoms with Gasteiger partial charge >= 0.3 is 0 Å². The van der Waals surface area contributed by atoms with Gasteiger partial charge in [0, 0.05) is 16.0 Å². The normalized spacial score (nSPS) is 10.3. The number of hydrogen-bond donors (Lipinski definition) is 1. The van der Waals surface area contributed by atoms with Crippen LogP contribution in [0.1, 0.15) is 27.0 Å². The summed E-state index contributed by atoms with van der Waals surface area (Å²) in [6, 6.07) is 13.1. The Morgan fingerprint density at radius 3 is 2.06 bits per heavy atom. The zero-order chi connectivity index (χ0) is 12.4. The van der Waals surface area contributed by atoms with Gasteiger partial charge in [0.1, 0.15) is 0 Å². The Labute approximate surface area is 107 Å². The van der Waals surface area contributed by atoms with E-state index in [1.54, 1.807) is 12.1 Å². The van der Waals surface area contributed by atoms with Crippen LogP contribution in [0.4, 0.5) is 0 Å². The molecule has 2 aromatic carbocycles. The first-order chi connectivity index (χ1) is 8.08. The number of thiol groups is 1. The molecular weight excluding hydrogens is 228 g/mol. The van der Waals surface area contributed by atoms with Crippen LogP contribution in [-0.2, 0) is 0 Å². The molecule has 0 aromatic heterocycles. The van der Waals surface area contributed by atoms with Gasteiger partial charge < -0.3 is 0 Å². The molecule has 86 valence electrons. The molecule has 0 saturated heterocycles. The highest BCUT2D eigenvalue weighted by Crippen LogP contribution is 2.15. The Bertz CT molecular complexity index is 556. The first kappa shape index (κ1) is 11.9. The van der Waals surface area contributed by atoms with Crippen LogP contribution >= 0.6 is 12.6 Å². The first-order valence-electron chi connectivity index (χ1n) is 5.49. The van der Waals surface area contributed by atoms with Crippen molar-refractivity contribution in [1.29, 1.82) is 0 Å². The highest BCUT2D eigenvalue weighted by Gasteiger charge is 2.09. The summed E-state index contributed by atoms with van der Waals surface area (Å²) in [5.41, 5.74) is 3.78. The summed E-state index contributed by atoms with van der Waals surface area (Å²) in [6.45, 7) is 4.06. The average Bonchev–Trinajstić information content (AvgIpc) is 2.33. The summed E-state index contributed by atoms with van der Waals surface area (Å²) in [6.07, 6.45) is 0. The van der Waals surface area contributed by atoms with Gasteiger partial charge in [-0.3, -0.25) is 4.79 Å². The zero-order valence-corrected chi connectivity index (χ0v) is 10.8. The summed E-state index contributed by atoms with van der Waals surface area (Å²) in [5, 5.41) is 0. The van der Waals surface area contributed by atoms with Crippen molar-refractivity contribution in [2.24, 2.45) is 0 Å². The van der Waals surface area contributed by atoms with Gasteiger partial charge in [0.2, 0.25) is 0 Å². The minimum atomic E-state index is 0.0569. The molecule has 0 atom stereocenters. The molecule has 17 heavy (non-hydrogen) atoms. The van der Waals surface area contributed by atoms with Crippen LogP contribution in [0.2, 0.25) is 0 Å². The van der Waals surface area contributed by atoms with Crippen molar-refractivity contribution in [1.82, 2.24) is 0 Å². The maximum absolute atomic E-state index is 12.2. The second-order valence-corrected chi connectivity index (χ2v) is 4.69. The standard InChI is InChI=1S/C15H14OS/c1-10-3-4-13(9-11(10)2)15(16)12-5-7-14(17)8-6-12/h3-9,17H,1-2H3. The molecule has 0 saturated carbocycles. The molecule has 0 aliphatic rings. The Balaban J connectivity index is 2.37. The number of carbonyl (C=O) groups excluding carboxylic acids is 1. The largest absolute Gasteiger partial charge is 0.289 e. The monoisotopic (exact) mass is 242 g/mol. The van der Waals surface area contributed by atoms with E-state index >= 15 is 0 Å². The van der Waals surface area contributed by atoms with Gasteiger partial charge in [0.25, 0.3) is 0 Å². The van der Waals surface area contributed by atoms with Crippen molar-refractivity contribution in [3.8, 4) is 0 Å². The Kier molecular flexibility index (Phi) is 3.34. The molecule has 2 heteroatoms. The van der Waals surface area contributed by atoms with Crippen LogP contribution in [0.3, 0.4) is 0 Å². The molecule has 0 aliphatic heterocycles. The molecular formula is C15H14OS. The average molecular weight is 242 g/mol. The minimum Gasteiger partial charge on any atom is -0.289 e. The molecule has 0 heterocycles. The SMILES string of the molecule is Cc1ccc(C(=O)c2ccc(S)cc2)cc1C. The van der Waals surface area contributed by atoms with Crippen LogP contribution in [0, 0.1) is 13.8 Å². The van der Waals surface area contributed by atoms with Gasteiger partial charge in [-0.25, -0.2) is 0 Å². The van der Waals surface area contributed by atoms with E-state index in [0.29, 0.717) is 5.56 Å². The van der Waals surface area contributed by atoms with Crippen LogP contribution in [-0.4, -0.2) is 5.78 Å². The molecule has 0 amide bonds. The number of ketones is 1. The van der Waals surface area contributed by atoms with Crippen LogP contribution < -0.4 is 0 Å². The quantitative estimate of drug-likeness (QED) is 0.625. The third kappa shape index (κ3) is 2.59. The predicted molar refractivity (Wildman–Crippen MR) is 73.0 cm³/mol. The summed E-state index contributed by atoms with van der Waals surface area (Å²) in [4.78, 5) is 13.1. The van der Waals surface area contributed by atoms with Crippen molar-refractivity contribution >= 4 is 18.4 Å². The lowest BCUT2D eigenvalue weighted by Gasteiger charge is -2.05. The van der Waals surface area contributed by atoms with E-state index in [1.807, 2.05) is 44.2 Å². The Morgan fingerprint density at radius 2 is 1.47 bits per heavy atom. The summed E-state index contributed by atoms with van der Waals surface area (Å²) >= 11 is 4.21. The molecule has 0 unspecified atom stereocenters. The number of hydrogen-bond acceptors (Lipinski definition) is 2. The number of benzene rings is 2. The van der Waals surface area contributed by atoms with E-state index < -0.39 is 0 Å². The van der Waals surface area contributed by atoms with Crippen LogP contribution in [0.5, 0.6) is 0 Å². The van der Waals surface area contributed by atoms with Crippen LogP contribution in [0.25, 0.3) is 0 Å². The lowest BCUT2D eigenvalue weighted by Crippen LogP contribution is -2.01. The van der Waals surface area contributed by atoms with E-state index in [-0.39, 0.29) is 5.78 Å². The Morgan fingerprint density at radius 1 is 0.882 bits per heavy atom. The molecule has 0 spiro atoms. The maximum atomic E-state index is 12.2. The fourth-order valence-electron chi connectivity index (χ4n) is 1.66. The lowest BCUT2D eigenvalue weighted by molar-refractivity contribution is 0.103. The third-order valence-electron chi connectivity index (χ3n) is 2.90. The van der Waals surface area contributed by atoms with Gasteiger partial charge in [-0.1, -0.05) is 12.1 Å². The first-order valence-corrected chi connectivity index (χ1v) is 5.93. The minimum absolute atomic E-state index is 0.0569. The zero-order valence-electron chi connectivity index (χ0n) is 9.90. The second kappa shape index (κ2) is 4.76. The Hall–Kier alpha value is -1.54. The van der Waals surface area contributed by atoms with E-state index in [4.69, 9.17) is 0 Å². The van der Waals surface area contributed by atoms with Crippen molar-refractivity contribution in [3.05, 3.63) is 64.7 Å². The van der Waals surface area contributed by atoms with E-state index in [1.165, 1.54) is 5.56 Å². The third-order valence-corrected chi connectivity index (χ3v) is 3.20. The van der Waals surface area contributed by atoms with Gasteiger partial charge in [-0.15, -0.1) is 12.6 Å². The van der Waals surface area contributed by atoms with Crippen molar-refractivity contribution in [2.75, 3.05) is 0 Å². The molecule has 0 fully saturated rings. The summed E-state index contributed by atoms with van der Waals surface area (Å²) < 4.78 is 0. The number of rotatable bonds is 2. The van der Waals surface area contributed by atoms with E-state index in [0.717, 1.165) is 16.0 Å². The fourth-order valence-corrected chi connectivity index (χ4v) is 1.81. The second-order valence-electron chi connectivity index (χ2n) is 4.18. The van der Waals surface area contributed by atoms with Gasteiger partial charge in [-0.2, -0.15) is 0 Å². The van der Waals surface area contributed by atoms with Crippen molar-refractivity contribution in [2.45, 2.75) is 18.7 Å². The highest BCUT2D eigenvalue weighted by molar-refractivity contribution is 7.80. The lowest BCUT2D eigenvalue weighted by atomic mass is 9.99. The highest BCUT2D eigenvalue weighted by atomic mass is 32.1. The van der Waals surface area contributed by atoms with E-state index in [9.17, 15) is 4.79 Å². The topological polar surface area (TPSA) is 17.1 Å². The number of carbonyl (C=O) groups is 1. The molecule has 0 radical (unpaired) electrons. The molecule has 0 bridgehead atoms. The summed E-state index contributed by atoms with van der Waals surface area (Å²) in [5.74, 6) is 0.0569. The smallest absolute Gasteiger partial charge is 0.193 e. The molecule has 0 N–H and O–H groups in total. The van der Waals surface area contributed by atoms with Crippen LogP contribution in [0.15, 0.2) is 47.4 Å². The van der Waals surface area contributed by atoms with Gasteiger partial charge in [0.05, 0.1) is 0 Å². The van der Waals surface area contributed by atoms with Gasteiger partial charge in [0.15, 0.2) is 5.78 Å². The van der Waals surface area contributed by atoms with E-state index in [2.05, 4.69) is 12.6 Å². The fraction of sp³-hybridized carbons (Fsp3) is 0.133. The molecule has 2 aromatic rings.